The van der Waals surface area contributed by atoms with E-state index in [9.17, 15) is 22.7 Å². The molecule has 0 aliphatic heterocycles. The van der Waals surface area contributed by atoms with Crippen LogP contribution in [0.25, 0.3) is 27.7 Å². The van der Waals surface area contributed by atoms with Crippen molar-refractivity contribution < 1.29 is 27.4 Å². The lowest BCUT2D eigenvalue weighted by molar-refractivity contribution is -0.138. The molecule has 0 aliphatic carbocycles. The number of benzene rings is 3. The smallest absolute Gasteiger partial charge is 0.420 e. The molecule has 0 unspecified atom stereocenters. The Labute approximate surface area is 162 Å². The summed E-state index contributed by atoms with van der Waals surface area (Å²) in [6, 6.07) is 15.3. The molecule has 0 saturated heterocycles. The first-order valence-corrected chi connectivity index (χ1v) is 8.51. The quantitative estimate of drug-likeness (QED) is 0.456. The summed E-state index contributed by atoms with van der Waals surface area (Å²) >= 11 is 0. The zero-order chi connectivity index (χ0) is 20.8. The van der Waals surface area contributed by atoms with Gasteiger partial charge < -0.3 is 9.84 Å². The van der Waals surface area contributed by atoms with Crippen LogP contribution in [-0.4, -0.2) is 22.0 Å². The van der Waals surface area contributed by atoms with Crippen molar-refractivity contribution in [3.8, 4) is 28.3 Å². The predicted molar refractivity (Wildman–Crippen MR) is 99.7 cm³/mol. The minimum absolute atomic E-state index is 0.0506. The fourth-order valence-corrected chi connectivity index (χ4v) is 3.21. The van der Waals surface area contributed by atoms with Gasteiger partial charge in [0.25, 0.3) is 0 Å². The number of ether oxygens (including phenoxy) is 1. The molecular weight excluding hydrogens is 388 g/mol. The number of halogens is 4. The monoisotopic (exact) mass is 402 g/mol. The second-order valence-corrected chi connectivity index (χ2v) is 6.35. The molecule has 8 heteroatoms. The number of phenolic OH excluding ortho intramolecular Hbond substituents is 1. The maximum atomic E-state index is 13.9. The number of methoxy groups -OCH3 is 1. The molecule has 0 saturated carbocycles. The number of alkyl halides is 3. The Balaban J connectivity index is 1.80. The van der Waals surface area contributed by atoms with Gasteiger partial charge in [0.2, 0.25) is 0 Å². The van der Waals surface area contributed by atoms with Gasteiger partial charge in [-0.3, -0.25) is 0 Å². The molecule has 0 amide bonds. The number of hydrogen-bond acceptors (Lipinski definition) is 3. The number of fused-ring (bicyclic) bond motifs is 1. The molecule has 1 heterocycles. The Hall–Kier alpha value is -3.55. The summed E-state index contributed by atoms with van der Waals surface area (Å²) in [6.07, 6.45) is -4.03. The van der Waals surface area contributed by atoms with E-state index < -0.39 is 28.7 Å². The summed E-state index contributed by atoms with van der Waals surface area (Å²) in [5, 5.41) is 13.2. The van der Waals surface area contributed by atoms with Crippen LogP contribution < -0.4 is 4.74 Å². The van der Waals surface area contributed by atoms with Gasteiger partial charge in [-0.25, -0.2) is 9.07 Å². The number of phenols is 1. The highest BCUT2D eigenvalue weighted by atomic mass is 19.4. The standard InChI is InChI=1S/C21H14F4N2O2/c1-29-15-4-2-3-13(9-15)12-5-7-14(8-6-12)27-17-10-18(28)20(22)19(21(23,24)25)16(17)11-26-27/h2-11,28H,1H3. The lowest BCUT2D eigenvalue weighted by Gasteiger charge is -2.11. The van der Waals surface area contributed by atoms with Gasteiger partial charge in [0.05, 0.1) is 24.5 Å². The Kier molecular flexibility index (Phi) is 4.41. The Morgan fingerprint density at radius 1 is 1.00 bits per heavy atom. The molecule has 4 rings (SSSR count). The van der Waals surface area contributed by atoms with Crippen molar-refractivity contribution in [3.63, 3.8) is 0 Å². The highest BCUT2D eigenvalue weighted by Gasteiger charge is 2.38. The molecule has 0 bridgehead atoms. The molecule has 1 aromatic heterocycles. The predicted octanol–water partition coefficient (Wildman–Crippen LogP) is 5.56. The van der Waals surface area contributed by atoms with E-state index in [1.54, 1.807) is 31.4 Å². The van der Waals surface area contributed by atoms with Gasteiger partial charge in [0, 0.05) is 11.5 Å². The first-order chi connectivity index (χ1) is 13.8. The van der Waals surface area contributed by atoms with Gasteiger partial charge in [-0.2, -0.15) is 18.3 Å². The third kappa shape index (κ3) is 3.26. The van der Waals surface area contributed by atoms with E-state index in [-0.39, 0.29) is 5.52 Å². The fourth-order valence-electron chi connectivity index (χ4n) is 3.21. The van der Waals surface area contributed by atoms with Crippen molar-refractivity contribution >= 4 is 10.9 Å². The molecule has 0 fully saturated rings. The van der Waals surface area contributed by atoms with Gasteiger partial charge in [0.15, 0.2) is 11.6 Å². The lowest BCUT2D eigenvalue weighted by atomic mass is 10.0. The van der Waals surface area contributed by atoms with Crippen LogP contribution in [0.2, 0.25) is 0 Å². The van der Waals surface area contributed by atoms with Crippen LogP contribution in [0.1, 0.15) is 5.56 Å². The average Bonchev–Trinajstić information content (AvgIpc) is 3.10. The second kappa shape index (κ2) is 6.80. The fraction of sp³-hybridized carbons (Fsp3) is 0.0952. The van der Waals surface area contributed by atoms with E-state index in [1.165, 1.54) is 4.68 Å². The van der Waals surface area contributed by atoms with E-state index >= 15 is 0 Å². The van der Waals surface area contributed by atoms with Crippen LogP contribution in [0.4, 0.5) is 17.6 Å². The molecule has 0 aliphatic rings. The Morgan fingerprint density at radius 2 is 1.72 bits per heavy atom. The maximum absolute atomic E-state index is 13.9. The molecule has 1 N–H and O–H groups in total. The van der Waals surface area contributed by atoms with Crippen molar-refractivity contribution in [2.45, 2.75) is 6.18 Å². The molecule has 0 radical (unpaired) electrons. The summed E-state index contributed by atoms with van der Waals surface area (Å²) in [5.41, 5.74) is 0.650. The number of nitrogens with zero attached hydrogens (tertiary/aromatic N) is 2. The van der Waals surface area contributed by atoms with Gasteiger partial charge in [-0.15, -0.1) is 0 Å². The van der Waals surface area contributed by atoms with E-state index in [2.05, 4.69) is 5.10 Å². The largest absolute Gasteiger partial charge is 0.505 e. The van der Waals surface area contributed by atoms with E-state index in [4.69, 9.17) is 4.74 Å². The van der Waals surface area contributed by atoms with Crippen LogP contribution >= 0.6 is 0 Å². The topological polar surface area (TPSA) is 47.3 Å². The number of hydrogen-bond donors (Lipinski definition) is 1. The van der Waals surface area contributed by atoms with E-state index in [0.717, 1.165) is 23.4 Å². The van der Waals surface area contributed by atoms with E-state index in [0.29, 0.717) is 11.4 Å². The second-order valence-electron chi connectivity index (χ2n) is 6.35. The lowest BCUT2D eigenvalue weighted by Crippen LogP contribution is -2.09. The summed E-state index contributed by atoms with van der Waals surface area (Å²) in [7, 11) is 1.57. The van der Waals surface area contributed by atoms with Crippen LogP contribution in [0, 0.1) is 5.82 Å². The summed E-state index contributed by atoms with van der Waals surface area (Å²) in [6.45, 7) is 0. The highest BCUT2D eigenvalue weighted by Crippen LogP contribution is 2.40. The Bertz CT molecular complexity index is 1200. The maximum Gasteiger partial charge on any atom is 0.420 e. The number of aromatic nitrogens is 2. The highest BCUT2D eigenvalue weighted by molar-refractivity contribution is 5.86. The van der Waals surface area contributed by atoms with Crippen LogP contribution in [-0.2, 0) is 6.18 Å². The molecule has 0 atom stereocenters. The summed E-state index contributed by atoms with van der Waals surface area (Å²) in [4.78, 5) is 0. The van der Waals surface area contributed by atoms with Gasteiger partial charge in [-0.1, -0.05) is 24.3 Å². The molecule has 4 aromatic rings. The van der Waals surface area contributed by atoms with Crippen LogP contribution in [0.5, 0.6) is 11.5 Å². The van der Waals surface area contributed by atoms with Crippen molar-refractivity contribution in [1.29, 1.82) is 0 Å². The van der Waals surface area contributed by atoms with Crippen molar-refractivity contribution in [2.75, 3.05) is 7.11 Å². The SMILES string of the molecule is COc1cccc(-c2ccc(-n3ncc4c(C(F)(F)F)c(F)c(O)cc43)cc2)c1. The zero-order valence-electron chi connectivity index (χ0n) is 15.0. The van der Waals surface area contributed by atoms with Crippen molar-refractivity contribution in [1.82, 2.24) is 9.78 Å². The van der Waals surface area contributed by atoms with Gasteiger partial charge in [-0.05, 0) is 35.4 Å². The molecule has 148 valence electrons. The third-order valence-electron chi connectivity index (χ3n) is 4.59. The minimum atomic E-state index is -4.97. The first-order valence-electron chi connectivity index (χ1n) is 8.51. The van der Waals surface area contributed by atoms with Crippen molar-refractivity contribution in [2.24, 2.45) is 0 Å². The van der Waals surface area contributed by atoms with E-state index in [1.807, 2.05) is 24.3 Å². The molecular formula is C21H14F4N2O2. The summed E-state index contributed by atoms with van der Waals surface area (Å²) < 4.78 is 60.2. The van der Waals surface area contributed by atoms with Gasteiger partial charge >= 0.3 is 6.18 Å². The summed E-state index contributed by atoms with van der Waals surface area (Å²) in [5.74, 6) is -2.10. The molecule has 0 spiro atoms. The Morgan fingerprint density at radius 3 is 2.38 bits per heavy atom. The minimum Gasteiger partial charge on any atom is -0.505 e. The zero-order valence-corrected chi connectivity index (χ0v) is 15.0. The number of rotatable bonds is 3. The van der Waals surface area contributed by atoms with Crippen LogP contribution in [0.15, 0.2) is 60.8 Å². The normalized spacial score (nSPS) is 11.8. The third-order valence-corrected chi connectivity index (χ3v) is 4.59. The van der Waals surface area contributed by atoms with Crippen molar-refractivity contribution in [3.05, 3.63) is 72.2 Å². The molecule has 29 heavy (non-hydrogen) atoms. The first kappa shape index (κ1) is 18.8. The molecule has 4 nitrogen and oxygen atoms in total. The van der Waals surface area contributed by atoms with Crippen LogP contribution in [0.3, 0.4) is 0 Å². The molecule has 3 aromatic carbocycles. The van der Waals surface area contributed by atoms with Gasteiger partial charge in [0.1, 0.15) is 11.3 Å². The number of aromatic hydroxyl groups is 1. The average molecular weight is 402 g/mol.